The summed E-state index contributed by atoms with van der Waals surface area (Å²) < 4.78 is 105. The van der Waals surface area contributed by atoms with Gasteiger partial charge in [-0.1, -0.05) is 43.3 Å². The molecule has 0 saturated carbocycles. The molecule has 0 spiro atoms. The molecular formula is C59H74O30Si. The summed E-state index contributed by atoms with van der Waals surface area (Å²) in [7, 11) is -2.20. The molecule has 4 aliphatic rings. The molecule has 0 N–H and O–H groups in total. The van der Waals surface area contributed by atoms with E-state index in [9.17, 15) is 57.5 Å². The molecule has 0 aromatic carbocycles. The van der Waals surface area contributed by atoms with Crippen molar-refractivity contribution >= 4 is 79.7 Å². The predicted octanol–water partition coefficient (Wildman–Crippen LogP) is 0.201. The molecule has 494 valence electrons. The third-order valence-corrected chi connectivity index (χ3v) is 13.6. The average molecular weight is 1290 g/mol. The van der Waals surface area contributed by atoms with Gasteiger partial charge in [0.1, 0.15) is 71.1 Å². The Hall–Kier alpha value is -8.14. The minimum atomic E-state index is -2.20. The normalized spacial score (nSPS) is 31.0. The number of ether oxygens (including phenoxy) is 18. The third-order valence-electron chi connectivity index (χ3n) is 12.7. The molecule has 0 aromatic rings. The van der Waals surface area contributed by atoms with Crippen molar-refractivity contribution in [3.8, 4) is 47.5 Å². The van der Waals surface area contributed by atoms with Gasteiger partial charge in [-0.3, -0.25) is 57.5 Å². The highest BCUT2D eigenvalue weighted by Crippen LogP contribution is 2.39. The van der Waals surface area contributed by atoms with Crippen molar-refractivity contribution < 1.29 is 143 Å². The Bertz CT molecular complexity index is 2910. The monoisotopic (exact) mass is 1290 g/mol. The molecule has 4 aliphatic heterocycles. The molecule has 4 rings (SSSR count). The molecule has 0 bridgehead atoms. The first kappa shape index (κ1) is 74.3. The van der Waals surface area contributed by atoms with E-state index in [4.69, 9.17) is 91.7 Å². The van der Waals surface area contributed by atoms with E-state index in [2.05, 4.69) is 41.1 Å². The molecule has 4 heterocycles. The molecule has 0 amide bonds. The number of terminal acetylenes is 1. The van der Waals surface area contributed by atoms with Gasteiger partial charge in [0.2, 0.25) is 0 Å². The zero-order chi connectivity index (χ0) is 67.5. The first-order chi connectivity index (χ1) is 42.1. The summed E-state index contributed by atoms with van der Waals surface area (Å²) in [6.45, 7) is 15.6. The van der Waals surface area contributed by atoms with E-state index in [0.717, 1.165) is 83.1 Å². The smallest absolute Gasteiger partial charge is 0.303 e. The lowest BCUT2D eigenvalue weighted by molar-refractivity contribution is -0.333. The summed E-state index contributed by atoms with van der Waals surface area (Å²) in [5.74, 6) is 2.18. The van der Waals surface area contributed by atoms with Crippen LogP contribution in [0.4, 0.5) is 0 Å². The van der Waals surface area contributed by atoms with Gasteiger partial charge < -0.3 is 85.3 Å². The number of hydrogen-bond donors (Lipinski definition) is 0. The van der Waals surface area contributed by atoms with Gasteiger partial charge in [0.05, 0.1) is 11.8 Å². The van der Waals surface area contributed by atoms with Gasteiger partial charge in [0, 0.05) is 83.1 Å². The second-order valence-corrected chi connectivity index (χ2v) is 26.3. The number of carbonyl (C=O) groups is 12. The zero-order valence-electron chi connectivity index (χ0n) is 52.2. The second kappa shape index (κ2) is 34.2. The lowest BCUT2D eigenvalue weighted by Gasteiger charge is -2.48. The number of carbonyl (C=O) groups excluding carboxylic acids is 12. The van der Waals surface area contributed by atoms with Crippen LogP contribution in [0.2, 0.25) is 19.6 Å². The minimum Gasteiger partial charge on any atom is -0.463 e. The SMILES string of the molecule is C#C[C@H]1[C@H](OC(C)=O)[C@@H](OC(C)=O)[C@H](O[C@H]2[C@H](OC(C)=O)[C@@H](OC(C)=O)[C@H](C#CC#C[C@H]3[C@H](OC(C)=O)[C@@H](OC(C)=O)[C@H](O[C@H]4[C@H](OC(C)=O)[C@@H](OC(C)=O)[C@H](C#C[Si](C)(C)C)O[C@@H]4COC(C)=O)O[C@@H]3COC(C)=O)O[C@@H]2COC(C)=O)O[C@@H]1COC(C)=O. The standard InChI is InChI=1S/C59H74O30Si/c1-17-40-44(24-72-28(2)60)86-58(56(82-38(12)70)48(40)76-32(6)64)88-52-46(26-74-30(4)62)84-42(50(78-34(8)66)54(52)80-36(10)68)21-19-18-20-41-45(25-73-29(3)61)87-59(57(83-39(13)71)49(41)77-33(7)65)89-53-47(27-75-31(5)63)85-43(22-23-90(14,15)16)51(79-35(9)67)55(53)81-37(11)69/h1,40-59H,24-27H2,2-16H3/t40-,41-,42+,43+,44-,45-,46-,47-,48+,49+,50+,51+,52-,53-,54-,55-,56-,57-,58+,59+/m1/s1. The van der Waals surface area contributed by atoms with Gasteiger partial charge in [-0.15, -0.1) is 12.0 Å². The van der Waals surface area contributed by atoms with Crippen molar-refractivity contribution in [2.75, 3.05) is 26.4 Å². The lowest BCUT2D eigenvalue weighted by atomic mass is 9.88. The maximum atomic E-state index is 13.1. The lowest BCUT2D eigenvalue weighted by Crippen LogP contribution is -2.65. The topological polar surface area (TPSA) is 371 Å². The fourth-order valence-corrected chi connectivity index (χ4v) is 10.1. The Morgan fingerprint density at radius 1 is 0.333 bits per heavy atom. The van der Waals surface area contributed by atoms with Crippen LogP contribution in [0.15, 0.2) is 0 Å². The molecule has 30 nitrogen and oxygen atoms in total. The Labute approximate surface area is 519 Å². The Morgan fingerprint density at radius 2 is 0.622 bits per heavy atom. The van der Waals surface area contributed by atoms with E-state index in [-0.39, 0.29) is 0 Å². The van der Waals surface area contributed by atoms with Crippen LogP contribution in [0.25, 0.3) is 0 Å². The van der Waals surface area contributed by atoms with Gasteiger partial charge in [-0.2, -0.15) is 0 Å². The van der Waals surface area contributed by atoms with Crippen molar-refractivity contribution in [1.82, 2.24) is 0 Å². The van der Waals surface area contributed by atoms with Gasteiger partial charge >= 0.3 is 71.6 Å². The molecule has 20 atom stereocenters. The highest BCUT2D eigenvalue weighted by Gasteiger charge is 2.58. The Balaban J connectivity index is 1.93. The van der Waals surface area contributed by atoms with Crippen molar-refractivity contribution in [2.45, 2.75) is 213 Å². The molecule has 0 unspecified atom stereocenters. The highest BCUT2D eigenvalue weighted by molar-refractivity contribution is 6.83. The third kappa shape index (κ3) is 23.0. The van der Waals surface area contributed by atoms with E-state index in [0.29, 0.717) is 0 Å². The van der Waals surface area contributed by atoms with Gasteiger partial charge in [-0.05, 0) is 11.8 Å². The van der Waals surface area contributed by atoms with E-state index in [1.165, 1.54) is 0 Å². The van der Waals surface area contributed by atoms with Crippen LogP contribution in [0.5, 0.6) is 0 Å². The molecule has 4 saturated heterocycles. The first-order valence-electron chi connectivity index (χ1n) is 27.9. The summed E-state index contributed by atoms with van der Waals surface area (Å²) in [4.78, 5) is 152. The number of rotatable bonds is 20. The number of esters is 12. The Morgan fingerprint density at radius 3 is 0.956 bits per heavy atom. The highest BCUT2D eigenvalue weighted by atomic mass is 28.3. The van der Waals surface area contributed by atoms with Crippen LogP contribution in [-0.4, -0.2) is 216 Å². The maximum absolute atomic E-state index is 13.1. The summed E-state index contributed by atoms with van der Waals surface area (Å²) in [5.41, 5.74) is 3.12. The summed E-state index contributed by atoms with van der Waals surface area (Å²) in [6.07, 6.45) is -24.0. The molecule has 0 aliphatic carbocycles. The second-order valence-electron chi connectivity index (χ2n) is 21.6. The van der Waals surface area contributed by atoms with Crippen LogP contribution in [-0.2, 0) is 143 Å². The van der Waals surface area contributed by atoms with Gasteiger partial charge in [0.15, 0.2) is 73.6 Å². The molecular weight excluding hydrogens is 1220 g/mol. The van der Waals surface area contributed by atoms with E-state index in [1.54, 1.807) is 0 Å². The zero-order valence-corrected chi connectivity index (χ0v) is 53.2. The van der Waals surface area contributed by atoms with E-state index in [1.807, 2.05) is 19.6 Å². The van der Waals surface area contributed by atoms with Crippen molar-refractivity contribution in [2.24, 2.45) is 11.8 Å². The van der Waals surface area contributed by atoms with Crippen LogP contribution in [0.1, 0.15) is 83.1 Å². The Kier molecular flexibility index (Phi) is 28.2. The maximum Gasteiger partial charge on any atom is 0.303 e. The van der Waals surface area contributed by atoms with Crippen LogP contribution in [0, 0.1) is 59.3 Å². The quantitative estimate of drug-likeness (QED) is 0.0680. The molecule has 4 fully saturated rings. The van der Waals surface area contributed by atoms with Crippen LogP contribution in [0.3, 0.4) is 0 Å². The van der Waals surface area contributed by atoms with E-state index < -0.39 is 228 Å². The molecule has 0 aromatic heterocycles. The summed E-state index contributed by atoms with van der Waals surface area (Å²) >= 11 is 0. The fourth-order valence-electron chi connectivity index (χ4n) is 9.56. The van der Waals surface area contributed by atoms with E-state index >= 15 is 0 Å². The first-order valence-corrected chi connectivity index (χ1v) is 31.4. The van der Waals surface area contributed by atoms with Crippen molar-refractivity contribution in [3.63, 3.8) is 0 Å². The number of hydrogen-bond acceptors (Lipinski definition) is 30. The minimum absolute atomic E-state index is 0.560. The fraction of sp³-hybridized carbons (Fsp3) is 0.661. The van der Waals surface area contributed by atoms with Crippen molar-refractivity contribution in [1.29, 1.82) is 0 Å². The summed E-state index contributed by atoms with van der Waals surface area (Å²) in [5, 5.41) is 0. The summed E-state index contributed by atoms with van der Waals surface area (Å²) in [6, 6.07) is 0. The molecule has 0 radical (unpaired) electrons. The average Bonchev–Trinajstić information content (AvgIpc) is 0.804. The largest absolute Gasteiger partial charge is 0.463 e. The molecule has 31 heteroatoms. The molecule has 90 heavy (non-hydrogen) atoms. The van der Waals surface area contributed by atoms with Crippen molar-refractivity contribution in [3.05, 3.63) is 0 Å². The van der Waals surface area contributed by atoms with Gasteiger partial charge in [0.25, 0.3) is 0 Å². The predicted molar refractivity (Wildman–Crippen MR) is 298 cm³/mol. The van der Waals surface area contributed by atoms with Gasteiger partial charge in [-0.25, -0.2) is 0 Å². The van der Waals surface area contributed by atoms with Crippen LogP contribution < -0.4 is 0 Å². The van der Waals surface area contributed by atoms with Crippen LogP contribution >= 0.6 is 0 Å².